The van der Waals surface area contributed by atoms with Crippen LogP contribution in [0.1, 0.15) is 54.1 Å². The van der Waals surface area contributed by atoms with E-state index in [-0.39, 0.29) is 11.4 Å². The van der Waals surface area contributed by atoms with Crippen molar-refractivity contribution in [2.45, 2.75) is 45.1 Å². The van der Waals surface area contributed by atoms with Crippen molar-refractivity contribution in [3.05, 3.63) is 34.9 Å². The summed E-state index contributed by atoms with van der Waals surface area (Å²) in [5, 5.41) is 3.19. The second-order valence-electron chi connectivity index (χ2n) is 5.48. The summed E-state index contributed by atoms with van der Waals surface area (Å²) in [6.45, 7) is 4.45. The van der Waals surface area contributed by atoms with Crippen LogP contribution in [0.2, 0.25) is 0 Å². The first kappa shape index (κ1) is 14.6. The van der Waals surface area contributed by atoms with Crippen LogP contribution in [0.25, 0.3) is 0 Å². The normalized spacial score (nSPS) is 15.8. The van der Waals surface area contributed by atoms with Gasteiger partial charge in [0.1, 0.15) is 0 Å². The second kappa shape index (κ2) is 6.11. The first-order chi connectivity index (χ1) is 9.60. The highest BCUT2D eigenvalue weighted by Gasteiger charge is 2.36. The lowest BCUT2D eigenvalue weighted by Crippen LogP contribution is -2.52. The molecule has 20 heavy (non-hydrogen) atoms. The molecule has 0 saturated heterocycles. The van der Waals surface area contributed by atoms with Crippen molar-refractivity contribution in [3.63, 3.8) is 0 Å². The van der Waals surface area contributed by atoms with Crippen LogP contribution in [0.4, 0.5) is 0 Å². The maximum atomic E-state index is 12.4. The van der Waals surface area contributed by atoms with Gasteiger partial charge in [0.25, 0.3) is 5.91 Å². The molecule has 0 radical (unpaired) electrons. The number of amides is 1. The van der Waals surface area contributed by atoms with E-state index in [1.165, 1.54) is 6.42 Å². The molecular weight excluding hydrogens is 248 g/mol. The summed E-state index contributed by atoms with van der Waals surface area (Å²) in [7, 11) is 0. The van der Waals surface area contributed by atoms with Gasteiger partial charge in [0.05, 0.1) is 6.54 Å². The van der Waals surface area contributed by atoms with Crippen LogP contribution in [-0.4, -0.2) is 18.0 Å². The van der Waals surface area contributed by atoms with Gasteiger partial charge in [-0.1, -0.05) is 24.8 Å². The average molecular weight is 270 g/mol. The Bertz CT molecular complexity index is 557. The smallest absolute Gasteiger partial charge is 0.251 e. The zero-order valence-corrected chi connectivity index (χ0v) is 12.3. The van der Waals surface area contributed by atoms with Crippen LogP contribution in [-0.2, 0) is 0 Å². The molecule has 0 aliphatic heterocycles. The summed E-state index contributed by atoms with van der Waals surface area (Å²) in [5.41, 5.74) is 8.04. The fraction of sp³-hybridized carbons (Fsp3) is 0.471. The van der Waals surface area contributed by atoms with Gasteiger partial charge < -0.3 is 11.1 Å². The van der Waals surface area contributed by atoms with Gasteiger partial charge in [-0.15, -0.1) is 0 Å². The third-order valence-corrected chi connectivity index (χ3v) is 4.19. The molecule has 1 fully saturated rings. The average Bonchev–Trinajstić information content (AvgIpc) is 2.41. The fourth-order valence-electron chi connectivity index (χ4n) is 2.53. The van der Waals surface area contributed by atoms with E-state index in [9.17, 15) is 4.79 Å². The molecule has 3 heteroatoms. The Hall–Kier alpha value is -1.79. The largest absolute Gasteiger partial charge is 0.347 e. The lowest BCUT2D eigenvalue weighted by molar-refractivity contribution is 0.0820. The van der Waals surface area contributed by atoms with Gasteiger partial charge in [0.2, 0.25) is 0 Å². The number of nitrogens with one attached hydrogen (secondary N) is 1. The predicted molar refractivity (Wildman–Crippen MR) is 81.5 cm³/mol. The number of aryl methyl sites for hydroxylation is 1. The van der Waals surface area contributed by atoms with E-state index in [4.69, 9.17) is 5.73 Å². The summed E-state index contributed by atoms with van der Waals surface area (Å²) >= 11 is 0. The lowest BCUT2D eigenvalue weighted by atomic mass is 9.74. The monoisotopic (exact) mass is 270 g/mol. The summed E-state index contributed by atoms with van der Waals surface area (Å²) in [6, 6.07) is 5.66. The predicted octanol–water partition coefficient (Wildman–Crippen LogP) is 2.37. The summed E-state index contributed by atoms with van der Waals surface area (Å²) < 4.78 is 0. The molecule has 0 unspecified atom stereocenters. The second-order valence-corrected chi connectivity index (χ2v) is 5.48. The summed E-state index contributed by atoms with van der Waals surface area (Å²) in [5.74, 6) is 5.86. The topological polar surface area (TPSA) is 55.1 Å². The van der Waals surface area contributed by atoms with Crippen molar-refractivity contribution >= 4 is 5.91 Å². The van der Waals surface area contributed by atoms with Gasteiger partial charge >= 0.3 is 0 Å². The van der Waals surface area contributed by atoms with E-state index >= 15 is 0 Å². The highest BCUT2D eigenvalue weighted by atomic mass is 16.1. The zero-order chi connectivity index (χ0) is 14.6. The molecule has 0 bridgehead atoms. The lowest BCUT2D eigenvalue weighted by Gasteiger charge is -2.42. The molecule has 1 aliphatic carbocycles. The molecule has 1 aromatic rings. The van der Waals surface area contributed by atoms with Crippen molar-refractivity contribution in [2.24, 2.45) is 5.73 Å². The minimum atomic E-state index is 0.00217. The van der Waals surface area contributed by atoms with Crippen LogP contribution < -0.4 is 11.1 Å². The van der Waals surface area contributed by atoms with Crippen LogP contribution in [0.5, 0.6) is 0 Å². The van der Waals surface area contributed by atoms with E-state index in [0.29, 0.717) is 12.1 Å². The Morgan fingerprint density at radius 1 is 1.45 bits per heavy atom. The van der Waals surface area contributed by atoms with Crippen molar-refractivity contribution < 1.29 is 4.79 Å². The van der Waals surface area contributed by atoms with E-state index in [2.05, 4.69) is 24.1 Å². The number of hydrogen-bond donors (Lipinski definition) is 2. The number of carbonyl (C=O) groups excluding carboxylic acids is 1. The summed E-state index contributed by atoms with van der Waals surface area (Å²) in [6.07, 6.45) is 4.36. The van der Waals surface area contributed by atoms with Crippen LogP contribution >= 0.6 is 0 Å². The zero-order valence-electron chi connectivity index (χ0n) is 12.3. The van der Waals surface area contributed by atoms with Crippen molar-refractivity contribution in [3.8, 4) is 11.8 Å². The molecule has 0 aromatic heterocycles. The molecule has 2 rings (SSSR count). The van der Waals surface area contributed by atoms with Crippen molar-refractivity contribution in [1.29, 1.82) is 0 Å². The van der Waals surface area contributed by atoms with Crippen LogP contribution in [0.15, 0.2) is 18.2 Å². The van der Waals surface area contributed by atoms with E-state index < -0.39 is 0 Å². The minimum Gasteiger partial charge on any atom is -0.347 e. The Morgan fingerprint density at radius 3 is 2.75 bits per heavy atom. The van der Waals surface area contributed by atoms with Crippen molar-refractivity contribution in [2.75, 3.05) is 6.54 Å². The van der Waals surface area contributed by atoms with Gasteiger partial charge in [-0.3, -0.25) is 4.79 Å². The van der Waals surface area contributed by atoms with Gasteiger partial charge in [-0.05, 0) is 50.3 Å². The number of hydrogen-bond acceptors (Lipinski definition) is 2. The molecular formula is C17H22N2O. The van der Waals surface area contributed by atoms with E-state index in [1.54, 1.807) is 0 Å². The molecule has 1 saturated carbocycles. The van der Waals surface area contributed by atoms with Gasteiger partial charge in [0, 0.05) is 16.7 Å². The Kier molecular flexibility index (Phi) is 4.46. The number of carbonyl (C=O) groups is 1. The molecule has 0 heterocycles. The fourth-order valence-corrected chi connectivity index (χ4v) is 2.53. The van der Waals surface area contributed by atoms with Gasteiger partial charge in [0.15, 0.2) is 0 Å². The first-order valence-electron chi connectivity index (χ1n) is 7.22. The quantitative estimate of drug-likeness (QED) is 0.828. The third-order valence-electron chi connectivity index (χ3n) is 4.19. The first-order valence-corrected chi connectivity index (χ1v) is 7.22. The van der Waals surface area contributed by atoms with E-state index in [1.807, 2.05) is 25.1 Å². The Balaban J connectivity index is 2.18. The molecule has 1 aromatic carbocycles. The molecule has 0 spiro atoms. The molecule has 3 nitrogen and oxygen atoms in total. The van der Waals surface area contributed by atoms with Crippen LogP contribution in [0.3, 0.4) is 0 Å². The maximum Gasteiger partial charge on any atom is 0.251 e. The van der Waals surface area contributed by atoms with Gasteiger partial charge in [-0.2, -0.15) is 0 Å². The third kappa shape index (κ3) is 3.02. The SMILES string of the molecule is CCC1(NC(=O)c2ccc(C)c(C#CCN)c2)CCC1. The molecule has 1 aliphatic rings. The van der Waals surface area contributed by atoms with Crippen LogP contribution in [0, 0.1) is 18.8 Å². The highest BCUT2D eigenvalue weighted by Crippen LogP contribution is 2.34. The molecule has 3 N–H and O–H groups in total. The standard InChI is InChI=1S/C17H22N2O/c1-3-17(9-5-10-17)19-16(20)15-8-7-13(2)14(12-15)6-4-11-18/h7-8,12H,3,5,9-11,18H2,1-2H3,(H,19,20). The molecule has 106 valence electrons. The highest BCUT2D eigenvalue weighted by molar-refractivity contribution is 5.95. The van der Waals surface area contributed by atoms with E-state index in [0.717, 1.165) is 30.4 Å². The minimum absolute atomic E-state index is 0.00217. The maximum absolute atomic E-state index is 12.4. The summed E-state index contributed by atoms with van der Waals surface area (Å²) in [4.78, 5) is 12.4. The molecule has 1 amide bonds. The number of nitrogens with two attached hydrogens (primary N) is 1. The Morgan fingerprint density at radius 2 is 2.20 bits per heavy atom. The van der Waals surface area contributed by atoms with Crippen molar-refractivity contribution in [1.82, 2.24) is 5.32 Å². The molecule has 0 atom stereocenters. The Labute approximate surface area is 120 Å². The number of benzene rings is 1. The van der Waals surface area contributed by atoms with Gasteiger partial charge in [-0.25, -0.2) is 0 Å². The number of rotatable bonds is 3.